The Morgan fingerprint density at radius 3 is 2.32 bits per heavy atom. The summed E-state index contributed by atoms with van der Waals surface area (Å²) < 4.78 is 84.9. The Morgan fingerprint density at radius 2 is 1.75 bits per heavy atom. The topological polar surface area (TPSA) is 65.2 Å². The predicted molar refractivity (Wildman–Crippen MR) is 84.4 cm³/mol. The van der Waals surface area contributed by atoms with E-state index < -0.39 is 35.7 Å². The summed E-state index contributed by atoms with van der Waals surface area (Å²) >= 11 is 0. The maximum Gasteiger partial charge on any atom is 0.425 e. The van der Waals surface area contributed by atoms with Gasteiger partial charge in [0.05, 0.1) is 11.9 Å². The van der Waals surface area contributed by atoms with Crippen LogP contribution in [0, 0.1) is 12.7 Å². The van der Waals surface area contributed by atoms with Crippen LogP contribution in [0.15, 0.2) is 18.5 Å². The lowest BCUT2D eigenvalue weighted by Crippen LogP contribution is -2.31. The Bertz CT molecular complexity index is 1030. The van der Waals surface area contributed by atoms with Crippen LogP contribution in [0.3, 0.4) is 0 Å². The Balaban J connectivity index is 2.04. The maximum atomic E-state index is 14.2. The fourth-order valence-corrected chi connectivity index (χ4v) is 2.48. The molecule has 0 saturated heterocycles. The third-order valence-corrected chi connectivity index (χ3v) is 3.90. The van der Waals surface area contributed by atoms with Crippen LogP contribution in [0.4, 0.5) is 26.3 Å². The molecule has 0 amide bonds. The zero-order valence-corrected chi connectivity index (χ0v) is 14.7. The molecule has 0 N–H and O–H groups in total. The summed E-state index contributed by atoms with van der Waals surface area (Å²) in [5.74, 6) is -5.91. The summed E-state index contributed by atoms with van der Waals surface area (Å²) in [5.41, 5.74) is 0.380. The highest BCUT2D eigenvalue weighted by molar-refractivity contribution is 5.63. The van der Waals surface area contributed by atoms with Crippen molar-refractivity contribution in [1.29, 1.82) is 0 Å². The SMILES string of the molecule is Cc1c(-c2cnc(O[C@H](C)C(F)(F)F)c(F)c2)ncc2nnc(C(C)(F)F)n12. The van der Waals surface area contributed by atoms with Gasteiger partial charge in [-0.15, -0.1) is 10.2 Å². The molecule has 1 atom stereocenters. The first-order valence-corrected chi connectivity index (χ1v) is 7.88. The number of alkyl halides is 5. The number of hydrogen-bond acceptors (Lipinski definition) is 5. The average molecular weight is 405 g/mol. The molecule has 3 heterocycles. The number of hydrogen-bond donors (Lipinski definition) is 0. The molecule has 0 radical (unpaired) electrons. The molecule has 3 aromatic rings. The van der Waals surface area contributed by atoms with E-state index in [1.807, 2.05) is 0 Å². The van der Waals surface area contributed by atoms with Gasteiger partial charge < -0.3 is 4.74 Å². The Morgan fingerprint density at radius 1 is 1.07 bits per heavy atom. The van der Waals surface area contributed by atoms with E-state index in [2.05, 4.69) is 24.9 Å². The average Bonchev–Trinajstić information content (AvgIpc) is 3.01. The van der Waals surface area contributed by atoms with Crippen molar-refractivity contribution < 1.29 is 31.1 Å². The molecule has 0 aliphatic carbocycles. The monoisotopic (exact) mass is 405 g/mol. The first kappa shape index (κ1) is 19.8. The van der Waals surface area contributed by atoms with Crippen LogP contribution in [0.25, 0.3) is 16.9 Å². The molecule has 0 spiro atoms. The number of halogens is 6. The van der Waals surface area contributed by atoms with E-state index in [4.69, 9.17) is 0 Å². The number of aryl methyl sites for hydroxylation is 1. The summed E-state index contributed by atoms with van der Waals surface area (Å²) in [6, 6.07) is 0.862. The molecule has 150 valence electrons. The van der Waals surface area contributed by atoms with Crippen LogP contribution in [-0.2, 0) is 5.92 Å². The van der Waals surface area contributed by atoms with Gasteiger partial charge in [0.15, 0.2) is 17.6 Å². The molecule has 3 rings (SSSR count). The molecule has 0 saturated carbocycles. The van der Waals surface area contributed by atoms with Gasteiger partial charge in [-0.05, 0) is 19.9 Å². The second-order valence-electron chi connectivity index (χ2n) is 6.11. The van der Waals surface area contributed by atoms with Gasteiger partial charge in [-0.1, -0.05) is 0 Å². The van der Waals surface area contributed by atoms with Crippen LogP contribution in [0.5, 0.6) is 5.88 Å². The second-order valence-corrected chi connectivity index (χ2v) is 6.11. The smallest absolute Gasteiger partial charge is 0.425 e. The second kappa shape index (κ2) is 6.60. The molecule has 28 heavy (non-hydrogen) atoms. The van der Waals surface area contributed by atoms with Crippen LogP contribution < -0.4 is 4.74 Å². The van der Waals surface area contributed by atoms with Crippen molar-refractivity contribution in [3.63, 3.8) is 0 Å². The summed E-state index contributed by atoms with van der Waals surface area (Å²) in [6.07, 6.45) is -4.75. The predicted octanol–water partition coefficient (Wildman–Crippen LogP) is 4.08. The maximum absolute atomic E-state index is 14.2. The standard InChI is InChI=1S/C16H13F6N5O/c1-7-12(23-6-11-25-26-14(27(7)11)15(3,18)19)9-4-10(17)13(24-5-9)28-8(2)16(20,21)22/h4-6,8H,1-3H3/t8-/m1/s1. The Labute approximate surface area is 154 Å². The van der Waals surface area contributed by atoms with Gasteiger partial charge in [-0.2, -0.15) is 22.0 Å². The van der Waals surface area contributed by atoms with E-state index in [-0.39, 0.29) is 22.6 Å². The minimum atomic E-state index is -4.69. The number of aromatic nitrogens is 5. The zero-order chi connectivity index (χ0) is 20.9. The molecule has 0 fully saturated rings. The largest absolute Gasteiger partial charge is 0.463 e. The summed E-state index contributed by atoms with van der Waals surface area (Å²) in [4.78, 5) is 7.61. The molecule has 0 aliphatic heterocycles. The van der Waals surface area contributed by atoms with Crippen molar-refractivity contribution >= 4 is 5.65 Å². The summed E-state index contributed by atoms with van der Waals surface area (Å²) in [7, 11) is 0. The van der Waals surface area contributed by atoms with Gasteiger partial charge in [-0.25, -0.2) is 9.37 Å². The van der Waals surface area contributed by atoms with E-state index in [1.54, 1.807) is 0 Å². The van der Waals surface area contributed by atoms with Gasteiger partial charge in [-0.3, -0.25) is 9.38 Å². The van der Waals surface area contributed by atoms with E-state index >= 15 is 0 Å². The van der Waals surface area contributed by atoms with Crippen LogP contribution in [0.2, 0.25) is 0 Å². The molecule has 0 bridgehead atoms. The summed E-state index contributed by atoms with van der Waals surface area (Å²) in [5, 5.41) is 7.08. The Kier molecular flexibility index (Phi) is 4.68. The van der Waals surface area contributed by atoms with Crippen molar-refractivity contribution in [2.45, 2.75) is 39.0 Å². The molecule has 0 unspecified atom stereocenters. The number of pyridine rings is 1. The third kappa shape index (κ3) is 3.58. The quantitative estimate of drug-likeness (QED) is 0.612. The van der Waals surface area contributed by atoms with Crippen molar-refractivity contribution in [1.82, 2.24) is 24.6 Å². The van der Waals surface area contributed by atoms with Gasteiger partial charge in [0, 0.05) is 24.4 Å². The first-order valence-electron chi connectivity index (χ1n) is 7.88. The normalized spacial score (nSPS) is 13.8. The van der Waals surface area contributed by atoms with Gasteiger partial charge in [0.25, 0.3) is 5.88 Å². The lowest BCUT2D eigenvalue weighted by atomic mass is 10.1. The lowest BCUT2D eigenvalue weighted by molar-refractivity contribution is -0.190. The molecule has 3 aromatic heterocycles. The fraction of sp³-hybridized carbons (Fsp3) is 0.375. The number of fused-ring (bicyclic) bond motifs is 1. The molecule has 0 aliphatic rings. The number of nitrogens with zero attached hydrogens (tertiary/aromatic N) is 5. The van der Waals surface area contributed by atoms with Crippen molar-refractivity contribution in [2.75, 3.05) is 0 Å². The van der Waals surface area contributed by atoms with E-state index in [1.165, 1.54) is 13.1 Å². The highest BCUT2D eigenvalue weighted by atomic mass is 19.4. The first-order chi connectivity index (χ1) is 12.9. The van der Waals surface area contributed by atoms with Crippen molar-refractivity contribution in [3.05, 3.63) is 35.8 Å². The van der Waals surface area contributed by atoms with E-state index in [9.17, 15) is 26.3 Å². The van der Waals surface area contributed by atoms with E-state index in [0.717, 1.165) is 16.7 Å². The van der Waals surface area contributed by atoms with Gasteiger partial charge in [0.2, 0.25) is 5.82 Å². The summed E-state index contributed by atoms with van der Waals surface area (Å²) in [6.45, 7) is 2.81. The fourth-order valence-electron chi connectivity index (χ4n) is 2.48. The number of ether oxygens (including phenoxy) is 1. The van der Waals surface area contributed by atoms with Crippen LogP contribution in [0.1, 0.15) is 25.4 Å². The van der Waals surface area contributed by atoms with Gasteiger partial charge in [0.1, 0.15) is 0 Å². The third-order valence-electron chi connectivity index (χ3n) is 3.90. The Hall–Kier alpha value is -2.92. The molecule has 12 heteroatoms. The van der Waals surface area contributed by atoms with Crippen molar-refractivity contribution in [3.8, 4) is 17.1 Å². The van der Waals surface area contributed by atoms with Crippen LogP contribution >= 0.6 is 0 Å². The number of rotatable bonds is 4. The van der Waals surface area contributed by atoms with Crippen molar-refractivity contribution in [2.24, 2.45) is 0 Å². The molecule has 0 aromatic carbocycles. The zero-order valence-electron chi connectivity index (χ0n) is 14.7. The lowest BCUT2D eigenvalue weighted by Gasteiger charge is -2.17. The van der Waals surface area contributed by atoms with Crippen LogP contribution in [-0.4, -0.2) is 36.8 Å². The molecule has 6 nitrogen and oxygen atoms in total. The highest BCUT2D eigenvalue weighted by Crippen LogP contribution is 2.31. The van der Waals surface area contributed by atoms with Gasteiger partial charge >= 0.3 is 12.1 Å². The minimum Gasteiger partial charge on any atom is -0.463 e. The highest BCUT2D eigenvalue weighted by Gasteiger charge is 2.39. The molecular weight excluding hydrogens is 392 g/mol. The molecular formula is C16H13F6N5O. The van der Waals surface area contributed by atoms with E-state index in [0.29, 0.717) is 13.8 Å². The minimum absolute atomic E-state index is 0.0583.